The maximum Gasteiger partial charge on any atom is 0.243 e. The first-order chi connectivity index (χ1) is 9.48. The van der Waals surface area contributed by atoms with E-state index in [-0.39, 0.29) is 17.6 Å². The molecule has 114 valence electrons. The van der Waals surface area contributed by atoms with Gasteiger partial charge >= 0.3 is 0 Å². The average Bonchev–Trinajstić information content (AvgIpc) is 2.91. The van der Waals surface area contributed by atoms with Gasteiger partial charge in [0.15, 0.2) is 0 Å². The predicted octanol–water partition coefficient (Wildman–Crippen LogP) is 3.17. The Morgan fingerprint density at radius 2 is 2.05 bits per heavy atom. The third-order valence-electron chi connectivity index (χ3n) is 4.36. The predicted molar refractivity (Wildman–Crippen MR) is 77.0 cm³/mol. The molecule has 1 heterocycles. The molecule has 0 aliphatic heterocycles. The Balaban J connectivity index is 2.22. The highest BCUT2D eigenvalue weighted by atomic mass is 16.5. The molecule has 1 aliphatic rings. The highest BCUT2D eigenvalue weighted by molar-refractivity contribution is 5.05. The molecule has 0 spiro atoms. The SMILES string of the molecule is CCOC1(c2noc([C@@H](N)C(C)C)n2)CCC(C)CC1. The van der Waals surface area contributed by atoms with Crippen LogP contribution in [0, 0.1) is 11.8 Å². The number of aromatic nitrogens is 2. The normalized spacial score (nSPS) is 28.8. The molecule has 0 amide bonds. The topological polar surface area (TPSA) is 74.2 Å². The van der Waals surface area contributed by atoms with Gasteiger partial charge in [-0.2, -0.15) is 4.98 Å². The van der Waals surface area contributed by atoms with Crippen LogP contribution in [0.15, 0.2) is 4.52 Å². The molecule has 20 heavy (non-hydrogen) atoms. The summed E-state index contributed by atoms with van der Waals surface area (Å²) in [5.74, 6) is 2.22. The summed E-state index contributed by atoms with van der Waals surface area (Å²) >= 11 is 0. The van der Waals surface area contributed by atoms with E-state index < -0.39 is 0 Å². The summed E-state index contributed by atoms with van der Waals surface area (Å²) < 4.78 is 11.4. The minimum atomic E-state index is -0.375. The Bertz CT molecular complexity index is 423. The minimum absolute atomic E-state index is 0.211. The summed E-state index contributed by atoms with van der Waals surface area (Å²) in [5.41, 5.74) is 5.71. The lowest BCUT2D eigenvalue weighted by molar-refractivity contribution is -0.0847. The lowest BCUT2D eigenvalue weighted by Crippen LogP contribution is -2.35. The third-order valence-corrected chi connectivity index (χ3v) is 4.36. The van der Waals surface area contributed by atoms with Gasteiger partial charge in [0, 0.05) is 6.61 Å². The summed E-state index contributed by atoms with van der Waals surface area (Å²) in [6, 6.07) is -0.211. The van der Waals surface area contributed by atoms with Crippen molar-refractivity contribution in [2.75, 3.05) is 6.61 Å². The zero-order valence-corrected chi connectivity index (χ0v) is 13.1. The van der Waals surface area contributed by atoms with Crippen molar-refractivity contribution in [3.8, 4) is 0 Å². The fraction of sp³-hybridized carbons (Fsp3) is 0.867. The number of ether oxygens (including phenoxy) is 1. The van der Waals surface area contributed by atoms with E-state index in [9.17, 15) is 0 Å². The quantitative estimate of drug-likeness (QED) is 0.897. The van der Waals surface area contributed by atoms with Gasteiger partial charge in [0.25, 0.3) is 0 Å². The van der Waals surface area contributed by atoms with Crippen molar-refractivity contribution in [1.82, 2.24) is 10.1 Å². The van der Waals surface area contributed by atoms with Crippen LogP contribution in [0.25, 0.3) is 0 Å². The molecule has 1 aromatic heterocycles. The van der Waals surface area contributed by atoms with E-state index in [2.05, 4.69) is 30.9 Å². The van der Waals surface area contributed by atoms with Crippen LogP contribution in [0.5, 0.6) is 0 Å². The van der Waals surface area contributed by atoms with Gasteiger partial charge in [-0.1, -0.05) is 25.9 Å². The number of nitrogens with two attached hydrogens (primary N) is 1. The smallest absolute Gasteiger partial charge is 0.243 e. The van der Waals surface area contributed by atoms with Crippen LogP contribution in [-0.2, 0) is 10.3 Å². The van der Waals surface area contributed by atoms with Gasteiger partial charge in [0.05, 0.1) is 6.04 Å². The molecular formula is C15H27N3O2. The first-order valence-electron chi connectivity index (χ1n) is 7.72. The van der Waals surface area contributed by atoms with E-state index >= 15 is 0 Å². The molecule has 0 radical (unpaired) electrons. The first-order valence-corrected chi connectivity index (χ1v) is 7.72. The fourth-order valence-electron chi connectivity index (χ4n) is 2.78. The summed E-state index contributed by atoms with van der Waals surface area (Å²) in [5, 5.41) is 4.17. The van der Waals surface area contributed by atoms with Crippen molar-refractivity contribution < 1.29 is 9.26 Å². The van der Waals surface area contributed by atoms with E-state index in [1.165, 1.54) is 0 Å². The van der Waals surface area contributed by atoms with Crippen molar-refractivity contribution >= 4 is 0 Å². The number of hydrogen-bond acceptors (Lipinski definition) is 5. The van der Waals surface area contributed by atoms with Gasteiger partial charge in [0.2, 0.25) is 11.7 Å². The van der Waals surface area contributed by atoms with E-state index in [0.717, 1.165) is 31.6 Å². The Labute approximate surface area is 121 Å². The summed E-state index contributed by atoms with van der Waals surface area (Å²) in [4.78, 5) is 4.54. The van der Waals surface area contributed by atoms with Crippen molar-refractivity contribution in [3.05, 3.63) is 11.7 Å². The lowest BCUT2D eigenvalue weighted by atomic mass is 9.79. The molecule has 1 atom stereocenters. The molecule has 2 rings (SSSR count). The van der Waals surface area contributed by atoms with Crippen LogP contribution in [-0.4, -0.2) is 16.7 Å². The molecular weight excluding hydrogens is 254 g/mol. The average molecular weight is 281 g/mol. The molecule has 5 nitrogen and oxygen atoms in total. The molecule has 0 saturated heterocycles. The van der Waals surface area contributed by atoms with Crippen molar-refractivity contribution in [1.29, 1.82) is 0 Å². The largest absolute Gasteiger partial charge is 0.367 e. The van der Waals surface area contributed by atoms with E-state index in [1.807, 2.05) is 6.92 Å². The van der Waals surface area contributed by atoms with Gasteiger partial charge in [-0.15, -0.1) is 0 Å². The summed E-state index contributed by atoms with van der Waals surface area (Å²) in [6.07, 6.45) is 4.19. The van der Waals surface area contributed by atoms with Crippen molar-refractivity contribution in [2.45, 2.75) is 65.0 Å². The van der Waals surface area contributed by atoms with E-state index in [4.69, 9.17) is 15.0 Å². The second-order valence-corrected chi connectivity index (χ2v) is 6.34. The van der Waals surface area contributed by atoms with Crippen molar-refractivity contribution in [2.24, 2.45) is 17.6 Å². The third kappa shape index (κ3) is 3.04. The van der Waals surface area contributed by atoms with Crippen LogP contribution < -0.4 is 5.73 Å². The molecule has 2 N–H and O–H groups in total. The lowest BCUT2D eigenvalue weighted by Gasteiger charge is -2.36. The maximum atomic E-state index is 6.08. The van der Waals surface area contributed by atoms with Crippen LogP contribution >= 0.6 is 0 Å². The van der Waals surface area contributed by atoms with Gasteiger partial charge in [-0.25, -0.2) is 0 Å². The van der Waals surface area contributed by atoms with Gasteiger partial charge in [0.1, 0.15) is 5.60 Å². The summed E-state index contributed by atoms with van der Waals surface area (Å²) in [7, 11) is 0. The Hall–Kier alpha value is -0.940. The highest BCUT2D eigenvalue weighted by Crippen LogP contribution is 2.41. The van der Waals surface area contributed by atoms with Gasteiger partial charge in [-0.05, 0) is 44.4 Å². The van der Waals surface area contributed by atoms with E-state index in [1.54, 1.807) is 0 Å². The molecule has 0 aromatic carbocycles. The van der Waals surface area contributed by atoms with Crippen LogP contribution in [0.3, 0.4) is 0 Å². The number of rotatable bonds is 5. The second-order valence-electron chi connectivity index (χ2n) is 6.34. The standard InChI is InChI=1S/C15H27N3O2/c1-5-19-15(8-6-11(4)7-9-15)14-17-13(20-18-14)12(16)10(2)3/h10-12H,5-9,16H2,1-4H3/t11?,12-,15?/m0/s1. The monoisotopic (exact) mass is 281 g/mol. The zero-order valence-electron chi connectivity index (χ0n) is 13.1. The van der Waals surface area contributed by atoms with Crippen LogP contribution in [0.4, 0.5) is 0 Å². The van der Waals surface area contributed by atoms with Crippen LogP contribution in [0.1, 0.15) is 71.1 Å². The minimum Gasteiger partial charge on any atom is -0.367 e. The van der Waals surface area contributed by atoms with Gasteiger partial charge in [-0.3, -0.25) is 0 Å². The summed E-state index contributed by atoms with van der Waals surface area (Å²) in [6.45, 7) is 9.06. The molecule has 1 aliphatic carbocycles. The molecule has 0 bridgehead atoms. The Morgan fingerprint density at radius 3 is 2.60 bits per heavy atom. The maximum absolute atomic E-state index is 6.08. The first kappa shape index (κ1) is 15.4. The fourth-order valence-corrected chi connectivity index (χ4v) is 2.78. The number of nitrogens with zero attached hydrogens (tertiary/aromatic N) is 2. The highest BCUT2D eigenvalue weighted by Gasteiger charge is 2.41. The van der Waals surface area contributed by atoms with Crippen LogP contribution in [0.2, 0.25) is 0 Å². The molecule has 1 fully saturated rings. The molecule has 0 unspecified atom stereocenters. The van der Waals surface area contributed by atoms with E-state index in [0.29, 0.717) is 18.3 Å². The van der Waals surface area contributed by atoms with Gasteiger partial charge < -0.3 is 15.0 Å². The molecule has 1 aromatic rings. The molecule has 1 saturated carbocycles. The zero-order chi connectivity index (χ0) is 14.8. The number of hydrogen-bond donors (Lipinski definition) is 1. The second kappa shape index (κ2) is 6.22. The Morgan fingerprint density at radius 1 is 1.40 bits per heavy atom. The Kier molecular flexibility index (Phi) is 4.81. The van der Waals surface area contributed by atoms with Crippen molar-refractivity contribution in [3.63, 3.8) is 0 Å². The molecule has 5 heteroatoms.